The quantitative estimate of drug-likeness (QED) is 0.835. The van der Waals surface area contributed by atoms with E-state index in [0.717, 1.165) is 12.8 Å². The van der Waals surface area contributed by atoms with Crippen LogP contribution in [-0.2, 0) is 4.74 Å². The van der Waals surface area contributed by atoms with Crippen LogP contribution in [0.4, 0.5) is 0 Å². The molecule has 0 aromatic heterocycles. The van der Waals surface area contributed by atoms with E-state index in [2.05, 4.69) is 0 Å². The number of hydrogen-bond acceptors (Lipinski definition) is 3. The summed E-state index contributed by atoms with van der Waals surface area (Å²) in [5, 5.41) is 0.546. The highest BCUT2D eigenvalue weighted by molar-refractivity contribution is 6.31. The van der Waals surface area contributed by atoms with Crippen molar-refractivity contribution in [2.24, 2.45) is 0 Å². The lowest BCUT2D eigenvalue weighted by atomic mass is 10.1. The molecular formula is C14H16ClNO3. The Morgan fingerprint density at radius 1 is 1.37 bits per heavy atom. The molecule has 5 heteroatoms. The zero-order chi connectivity index (χ0) is 13.4. The minimum Gasteiger partial charge on any atom is -0.496 e. The van der Waals surface area contributed by atoms with Crippen LogP contribution >= 0.6 is 11.6 Å². The Balaban J connectivity index is 1.94. The minimum atomic E-state index is -0.00449. The molecule has 1 amide bonds. The third-order valence-electron chi connectivity index (χ3n) is 3.87. The average molecular weight is 282 g/mol. The molecule has 0 saturated carbocycles. The number of rotatable bonds is 2. The molecule has 0 spiro atoms. The Hall–Kier alpha value is -1.26. The number of methoxy groups -OCH3 is 1. The Bertz CT molecular complexity index is 489. The van der Waals surface area contributed by atoms with Gasteiger partial charge in [-0.2, -0.15) is 0 Å². The third-order valence-corrected chi connectivity index (χ3v) is 4.10. The molecule has 3 rings (SSSR count). The van der Waals surface area contributed by atoms with E-state index >= 15 is 0 Å². The number of fused-ring (bicyclic) bond motifs is 2. The molecule has 1 aromatic carbocycles. The van der Waals surface area contributed by atoms with Crippen molar-refractivity contribution in [2.75, 3.05) is 20.3 Å². The molecule has 2 saturated heterocycles. The molecular weight excluding hydrogens is 266 g/mol. The van der Waals surface area contributed by atoms with E-state index in [4.69, 9.17) is 21.1 Å². The van der Waals surface area contributed by atoms with Crippen LogP contribution in [0, 0.1) is 0 Å². The van der Waals surface area contributed by atoms with Crippen molar-refractivity contribution >= 4 is 17.5 Å². The lowest BCUT2D eigenvalue weighted by molar-refractivity contribution is -0.00729. The molecule has 19 heavy (non-hydrogen) atoms. The van der Waals surface area contributed by atoms with Crippen molar-refractivity contribution in [3.8, 4) is 5.75 Å². The fourth-order valence-electron chi connectivity index (χ4n) is 2.95. The monoisotopic (exact) mass is 281 g/mol. The maximum atomic E-state index is 12.7. The van der Waals surface area contributed by atoms with Gasteiger partial charge in [-0.05, 0) is 31.0 Å². The molecule has 2 heterocycles. The highest BCUT2D eigenvalue weighted by Crippen LogP contribution is 2.33. The molecule has 2 aliphatic rings. The number of amides is 1. The number of carbonyl (C=O) groups excluding carboxylic acids is 1. The largest absolute Gasteiger partial charge is 0.496 e. The highest BCUT2D eigenvalue weighted by atomic mass is 35.5. The highest BCUT2D eigenvalue weighted by Gasteiger charge is 2.41. The van der Waals surface area contributed by atoms with Crippen LogP contribution in [0.25, 0.3) is 0 Å². The summed E-state index contributed by atoms with van der Waals surface area (Å²) in [4.78, 5) is 14.7. The number of carbonyl (C=O) groups is 1. The van der Waals surface area contributed by atoms with Crippen molar-refractivity contribution in [3.05, 3.63) is 28.8 Å². The van der Waals surface area contributed by atoms with E-state index in [-0.39, 0.29) is 18.0 Å². The second kappa shape index (κ2) is 5.02. The Morgan fingerprint density at radius 3 is 2.68 bits per heavy atom. The molecule has 0 aliphatic carbocycles. The summed E-state index contributed by atoms with van der Waals surface area (Å²) in [6.45, 7) is 1.26. The summed E-state index contributed by atoms with van der Waals surface area (Å²) in [6, 6.07) is 5.52. The molecule has 0 N–H and O–H groups in total. The number of ether oxygens (including phenoxy) is 2. The van der Waals surface area contributed by atoms with Gasteiger partial charge in [-0.25, -0.2) is 0 Å². The summed E-state index contributed by atoms with van der Waals surface area (Å²) in [5.74, 6) is 0.565. The van der Waals surface area contributed by atoms with Gasteiger partial charge >= 0.3 is 0 Å². The molecule has 4 nitrogen and oxygen atoms in total. The summed E-state index contributed by atoms with van der Waals surface area (Å²) in [6.07, 6.45) is 2.03. The van der Waals surface area contributed by atoms with Crippen LogP contribution in [0.5, 0.6) is 5.75 Å². The van der Waals surface area contributed by atoms with Gasteiger partial charge in [-0.15, -0.1) is 0 Å². The van der Waals surface area contributed by atoms with Gasteiger partial charge in [0.15, 0.2) is 0 Å². The fourth-order valence-corrected chi connectivity index (χ4v) is 3.12. The van der Waals surface area contributed by atoms with Gasteiger partial charge in [0.1, 0.15) is 5.75 Å². The SMILES string of the molecule is COc1ccc(Cl)cc1C(=O)N1C2CCC1COC2. The maximum Gasteiger partial charge on any atom is 0.258 e. The summed E-state index contributed by atoms with van der Waals surface area (Å²) < 4.78 is 10.8. The summed E-state index contributed by atoms with van der Waals surface area (Å²) in [7, 11) is 1.56. The third kappa shape index (κ3) is 2.19. The fraction of sp³-hybridized carbons (Fsp3) is 0.500. The minimum absolute atomic E-state index is 0.00449. The predicted molar refractivity (Wildman–Crippen MR) is 71.8 cm³/mol. The lowest BCUT2D eigenvalue weighted by Crippen LogP contribution is -2.49. The lowest BCUT2D eigenvalue weighted by Gasteiger charge is -2.35. The molecule has 2 fully saturated rings. The van der Waals surface area contributed by atoms with E-state index in [9.17, 15) is 4.79 Å². The van der Waals surface area contributed by atoms with Gasteiger partial charge in [-0.3, -0.25) is 4.79 Å². The molecule has 2 aliphatic heterocycles. The van der Waals surface area contributed by atoms with Crippen molar-refractivity contribution in [3.63, 3.8) is 0 Å². The first kappa shape index (κ1) is 12.8. The van der Waals surface area contributed by atoms with E-state index in [1.54, 1.807) is 25.3 Å². The first-order valence-electron chi connectivity index (χ1n) is 6.44. The molecule has 2 atom stereocenters. The van der Waals surface area contributed by atoms with Crippen molar-refractivity contribution < 1.29 is 14.3 Å². The van der Waals surface area contributed by atoms with Gasteiger partial charge in [-0.1, -0.05) is 11.6 Å². The van der Waals surface area contributed by atoms with E-state index in [1.165, 1.54) is 0 Å². The second-order valence-electron chi connectivity index (χ2n) is 4.98. The standard InChI is InChI=1S/C14H16ClNO3/c1-18-13-5-2-9(15)6-12(13)14(17)16-10-3-4-11(16)8-19-7-10/h2,5-6,10-11H,3-4,7-8H2,1H3. The number of benzene rings is 1. The van der Waals surface area contributed by atoms with Crippen LogP contribution in [0.1, 0.15) is 23.2 Å². The van der Waals surface area contributed by atoms with E-state index < -0.39 is 0 Å². The smallest absolute Gasteiger partial charge is 0.258 e. The first-order chi connectivity index (χ1) is 9.20. The average Bonchev–Trinajstić information content (AvgIpc) is 2.67. The first-order valence-corrected chi connectivity index (χ1v) is 6.82. The van der Waals surface area contributed by atoms with Gasteiger partial charge in [0.25, 0.3) is 5.91 Å². The molecule has 1 aromatic rings. The Kier molecular flexibility index (Phi) is 3.37. The Labute approximate surface area is 117 Å². The summed E-state index contributed by atoms with van der Waals surface area (Å²) in [5.41, 5.74) is 0.536. The number of morpholine rings is 1. The van der Waals surface area contributed by atoms with Crippen molar-refractivity contribution in [1.29, 1.82) is 0 Å². The molecule has 2 bridgehead atoms. The summed E-state index contributed by atoms with van der Waals surface area (Å²) >= 11 is 5.99. The zero-order valence-corrected chi connectivity index (χ0v) is 11.5. The van der Waals surface area contributed by atoms with Crippen molar-refractivity contribution in [2.45, 2.75) is 24.9 Å². The van der Waals surface area contributed by atoms with E-state index in [1.807, 2.05) is 4.90 Å². The number of nitrogens with zero attached hydrogens (tertiary/aromatic N) is 1. The van der Waals surface area contributed by atoms with Gasteiger partial charge < -0.3 is 14.4 Å². The number of hydrogen-bond donors (Lipinski definition) is 0. The maximum absolute atomic E-state index is 12.7. The molecule has 2 unspecified atom stereocenters. The number of halogens is 1. The molecule has 102 valence electrons. The molecule has 0 radical (unpaired) electrons. The van der Waals surface area contributed by atoms with Gasteiger partial charge in [0.05, 0.1) is 38.0 Å². The second-order valence-corrected chi connectivity index (χ2v) is 5.42. The predicted octanol–water partition coefficient (Wildman–Crippen LogP) is 2.35. The normalized spacial score (nSPS) is 25.5. The van der Waals surface area contributed by atoms with E-state index in [0.29, 0.717) is 29.5 Å². The zero-order valence-electron chi connectivity index (χ0n) is 10.8. The van der Waals surface area contributed by atoms with Gasteiger partial charge in [0.2, 0.25) is 0 Å². The topological polar surface area (TPSA) is 38.8 Å². The van der Waals surface area contributed by atoms with Crippen LogP contribution in [0.2, 0.25) is 5.02 Å². The van der Waals surface area contributed by atoms with Crippen LogP contribution < -0.4 is 4.74 Å². The Morgan fingerprint density at radius 2 is 2.05 bits per heavy atom. The van der Waals surface area contributed by atoms with Crippen molar-refractivity contribution in [1.82, 2.24) is 4.90 Å². The van der Waals surface area contributed by atoms with Crippen LogP contribution in [0.3, 0.4) is 0 Å². The van der Waals surface area contributed by atoms with Crippen LogP contribution in [-0.4, -0.2) is 43.2 Å². The van der Waals surface area contributed by atoms with Gasteiger partial charge in [0, 0.05) is 5.02 Å². The van der Waals surface area contributed by atoms with Crippen LogP contribution in [0.15, 0.2) is 18.2 Å².